The second-order valence-electron chi connectivity index (χ2n) is 6.50. The lowest BCUT2D eigenvalue weighted by molar-refractivity contribution is -0.134. The van der Waals surface area contributed by atoms with Crippen molar-refractivity contribution < 1.29 is 14.3 Å². The van der Waals surface area contributed by atoms with Gasteiger partial charge in [-0.1, -0.05) is 20.8 Å². The van der Waals surface area contributed by atoms with Crippen molar-refractivity contribution in [1.82, 2.24) is 9.88 Å². The van der Waals surface area contributed by atoms with Gasteiger partial charge in [0.05, 0.1) is 12.3 Å². The number of aliphatic hydroxyl groups is 1. The van der Waals surface area contributed by atoms with E-state index in [9.17, 15) is 9.90 Å². The number of carbonyl (C=O) groups excluding carboxylic acids is 1. The molecule has 0 radical (unpaired) electrons. The maximum Gasteiger partial charge on any atom is 0.223 e. The first-order valence-corrected chi connectivity index (χ1v) is 7.27. The molecule has 1 aliphatic heterocycles. The fourth-order valence-corrected chi connectivity index (χ4v) is 2.33. The number of aromatic nitrogens is 1. The van der Waals surface area contributed by atoms with E-state index in [0.717, 1.165) is 25.1 Å². The summed E-state index contributed by atoms with van der Waals surface area (Å²) in [6.07, 6.45) is 3.93. The number of nitrogens with zero attached hydrogens (tertiary/aromatic N) is 2. The zero-order chi connectivity index (χ0) is 14.8. The fourth-order valence-electron chi connectivity index (χ4n) is 2.33. The molecular weight excluding hydrogens is 256 g/mol. The zero-order valence-electron chi connectivity index (χ0n) is 12.6. The van der Waals surface area contributed by atoms with Crippen molar-refractivity contribution in [2.45, 2.75) is 58.0 Å². The highest BCUT2D eigenvalue weighted by Gasteiger charge is 2.23. The van der Waals surface area contributed by atoms with E-state index in [2.05, 4.69) is 25.8 Å². The van der Waals surface area contributed by atoms with E-state index >= 15 is 0 Å². The van der Waals surface area contributed by atoms with Crippen molar-refractivity contribution in [2.75, 3.05) is 13.1 Å². The summed E-state index contributed by atoms with van der Waals surface area (Å²) in [7, 11) is 0. The molecule has 1 aliphatic rings. The van der Waals surface area contributed by atoms with E-state index in [4.69, 9.17) is 4.42 Å². The quantitative estimate of drug-likeness (QED) is 0.918. The number of oxazole rings is 1. The van der Waals surface area contributed by atoms with Gasteiger partial charge in [0.25, 0.3) is 0 Å². The van der Waals surface area contributed by atoms with Gasteiger partial charge < -0.3 is 14.4 Å². The molecule has 1 atom stereocenters. The third-order valence-corrected chi connectivity index (χ3v) is 3.59. The van der Waals surface area contributed by atoms with Crippen LogP contribution in [0.3, 0.4) is 0 Å². The first-order valence-electron chi connectivity index (χ1n) is 7.27. The maximum atomic E-state index is 12.1. The lowest BCUT2D eigenvalue weighted by Gasteiger charge is -2.30. The van der Waals surface area contributed by atoms with Crippen LogP contribution in [0.1, 0.15) is 51.7 Å². The summed E-state index contributed by atoms with van der Waals surface area (Å²) < 4.78 is 5.68. The molecule has 0 saturated carbocycles. The Morgan fingerprint density at radius 3 is 2.90 bits per heavy atom. The number of rotatable bonds is 3. The van der Waals surface area contributed by atoms with Crippen LogP contribution in [0.25, 0.3) is 0 Å². The Hall–Kier alpha value is -1.36. The summed E-state index contributed by atoms with van der Waals surface area (Å²) >= 11 is 0. The topological polar surface area (TPSA) is 66.6 Å². The summed E-state index contributed by atoms with van der Waals surface area (Å²) in [5, 5.41) is 9.58. The molecular formula is C15H24N2O3. The van der Waals surface area contributed by atoms with Crippen LogP contribution >= 0.6 is 0 Å². The van der Waals surface area contributed by atoms with E-state index in [1.54, 1.807) is 11.1 Å². The van der Waals surface area contributed by atoms with Gasteiger partial charge in [0.2, 0.25) is 5.91 Å². The molecule has 1 aromatic heterocycles. The second-order valence-corrected chi connectivity index (χ2v) is 6.50. The number of likely N-dealkylation sites (tertiary alicyclic amines) is 1. The summed E-state index contributed by atoms with van der Waals surface area (Å²) in [6.45, 7) is 7.40. The lowest BCUT2D eigenvalue weighted by Crippen LogP contribution is -2.42. The molecule has 0 unspecified atom stereocenters. The standard InChI is InChI=1S/C15H24N2O3/c1-15(2,3)12-9-16-13(20-12)6-7-14(19)17-8-4-5-11(18)10-17/h9,11,18H,4-8,10H2,1-3H3/t11-/m0/s1. The highest BCUT2D eigenvalue weighted by molar-refractivity contribution is 5.76. The SMILES string of the molecule is CC(C)(C)c1cnc(CCC(=O)N2CCC[C@H](O)C2)o1. The van der Waals surface area contributed by atoms with Crippen LogP contribution in [0.4, 0.5) is 0 Å². The zero-order valence-corrected chi connectivity index (χ0v) is 12.6. The van der Waals surface area contributed by atoms with Crippen LogP contribution in [0.15, 0.2) is 10.6 Å². The number of carbonyl (C=O) groups is 1. The van der Waals surface area contributed by atoms with Gasteiger partial charge in [-0.3, -0.25) is 4.79 Å². The van der Waals surface area contributed by atoms with Crippen molar-refractivity contribution in [3.8, 4) is 0 Å². The summed E-state index contributed by atoms with van der Waals surface area (Å²) in [5.41, 5.74) is -0.0633. The van der Waals surface area contributed by atoms with Gasteiger partial charge in [0.1, 0.15) is 5.76 Å². The molecule has 5 nitrogen and oxygen atoms in total. The molecule has 0 aliphatic carbocycles. The third-order valence-electron chi connectivity index (χ3n) is 3.59. The van der Waals surface area contributed by atoms with Crippen LogP contribution in [0.5, 0.6) is 0 Å². The molecule has 1 aromatic rings. The molecule has 1 saturated heterocycles. The summed E-state index contributed by atoms with van der Waals surface area (Å²) in [4.78, 5) is 18.0. The predicted molar refractivity (Wildman–Crippen MR) is 75.3 cm³/mol. The Balaban J connectivity index is 1.85. The Morgan fingerprint density at radius 2 is 2.30 bits per heavy atom. The van der Waals surface area contributed by atoms with Gasteiger partial charge in [-0.05, 0) is 12.8 Å². The van der Waals surface area contributed by atoms with Crippen molar-refractivity contribution in [2.24, 2.45) is 0 Å². The average Bonchev–Trinajstić information content (AvgIpc) is 2.84. The fraction of sp³-hybridized carbons (Fsp3) is 0.733. The number of aliphatic hydroxyl groups excluding tert-OH is 1. The molecule has 0 spiro atoms. The number of amides is 1. The number of hydrogen-bond donors (Lipinski definition) is 1. The van der Waals surface area contributed by atoms with E-state index in [1.807, 2.05) is 0 Å². The number of hydrogen-bond acceptors (Lipinski definition) is 4. The van der Waals surface area contributed by atoms with Crippen molar-refractivity contribution in [1.29, 1.82) is 0 Å². The van der Waals surface area contributed by atoms with Crippen LogP contribution in [-0.2, 0) is 16.6 Å². The first kappa shape index (κ1) is 15.0. The van der Waals surface area contributed by atoms with E-state index in [0.29, 0.717) is 25.3 Å². The molecule has 1 fully saturated rings. The summed E-state index contributed by atoms with van der Waals surface area (Å²) in [6, 6.07) is 0. The van der Waals surface area contributed by atoms with Crippen LogP contribution in [0, 0.1) is 0 Å². The molecule has 0 aromatic carbocycles. The van der Waals surface area contributed by atoms with Gasteiger partial charge in [-0.15, -0.1) is 0 Å². The molecule has 20 heavy (non-hydrogen) atoms. The molecule has 2 heterocycles. The average molecular weight is 280 g/mol. The molecule has 0 bridgehead atoms. The van der Waals surface area contributed by atoms with Crippen LogP contribution in [0.2, 0.25) is 0 Å². The van der Waals surface area contributed by atoms with Crippen molar-refractivity contribution in [3.63, 3.8) is 0 Å². The van der Waals surface area contributed by atoms with E-state index in [1.165, 1.54) is 0 Å². The molecule has 5 heteroatoms. The normalized spacial score (nSPS) is 20.2. The minimum Gasteiger partial charge on any atom is -0.445 e. The second kappa shape index (κ2) is 5.95. The molecule has 1 N–H and O–H groups in total. The Morgan fingerprint density at radius 1 is 1.55 bits per heavy atom. The first-order chi connectivity index (χ1) is 9.36. The lowest BCUT2D eigenvalue weighted by atomic mass is 9.94. The molecule has 2 rings (SSSR count). The smallest absolute Gasteiger partial charge is 0.223 e. The Labute approximate surface area is 120 Å². The highest BCUT2D eigenvalue weighted by atomic mass is 16.4. The Kier molecular flexibility index (Phi) is 4.48. The van der Waals surface area contributed by atoms with Gasteiger partial charge >= 0.3 is 0 Å². The molecule has 1 amide bonds. The summed E-state index contributed by atoms with van der Waals surface area (Å²) in [5.74, 6) is 1.52. The van der Waals surface area contributed by atoms with Crippen LogP contribution < -0.4 is 0 Å². The van der Waals surface area contributed by atoms with Gasteiger partial charge in [0, 0.05) is 31.3 Å². The number of piperidine rings is 1. The number of β-amino-alcohol motifs (C(OH)–C–C–N with tert-alkyl or cyclic N) is 1. The van der Waals surface area contributed by atoms with Crippen molar-refractivity contribution in [3.05, 3.63) is 17.8 Å². The predicted octanol–water partition coefficient (Wildman–Crippen LogP) is 1.89. The minimum atomic E-state index is -0.373. The van der Waals surface area contributed by atoms with Gasteiger partial charge in [0.15, 0.2) is 5.89 Å². The monoisotopic (exact) mass is 280 g/mol. The molecule has 112 valence electrons. The third kappa shape index (κ3) is 3.82. The largest absolute Gasteiger partial charge is 0.445 e. The van der Waals surface area contributed by atoms with E-state index in [-0.39, 0.29) is 17.4 Å². The highest BCUT2D eigenvalue weighted by Crippen LogP contribution is 2.23. The van der Waals surface area contributed by atoms with Gasteiger partial charge in [-0.25, -0.2) is 4.98 Å². The van der Waals surface area contributed by atoms with Crippen LogP contribution in [-0.4, -0.2) is 40.1 Å². The van der Waals surface area contributed by atoms with Crippen molar-refractivity contribution >= 4 is 5.91 Å². The van der Waals surface area contributed by atoms with Gasteiger partial charge in [-0.2, -0.15) is 0 Å². The number of aryl methyl sites for hydroxylation is 1. The Bertz CT molecular complexity index is 462. The maximum absolute atomic E-state index is 12.1. The minimum absolute atomic E-state index is 0.0633. The van der Waals surface area contributed by atoms with E-state index < -0.39 is 0 Å².